The van der Waals surface area contributed by atoms with Gasteiger partial charge >= 0.3 is 0 Å². The Labute approximate surface area is 76.9 Å². The third-order valence-electron chi connectivity index (χ3n) is 1.94. The van der Waals surface area contributed by atoms with E-state index in [1.807, 2.05) is 18.2 Å². The number of aromatic nitrogens is 1. The quantitative estimate of drug-likeness (QED) is 0.696. The number of fused-ring (bicyclic) bond motifs is 1. The van der Waals surface area contributed by atoms with E-state index in [1.165, 1.54) is 0 Å². The zero-order valence-corrected chi connectivity index (χ0v) is 7.23. The zero-order chi connectivity index (χ0) is 9.10. The number of rotatable bonds is 2. The number of pyridine rings is 1. The van der Waals surface area contributed by atoms with Crippen LogP contribution in [0.5, 0.6) is 0 Å². The molecule has 2 rings (SSSR count). The maximum absolute atomic E-state index is 5.26. The predicted molar refractivity (Wildman–Crippen MR) is 52.2 cm³/mol. The Kier molecular flexibility index (Phi) is 2.13. The van der Waals surface area contributed by atoms with Crippen molar-refractivity contribution in [2.24, 2.45) is 0 Å². The summed E-state index contributed by atoms with van der Waals surface area (Å²) in [5.74, 6) is 0. The molecule has 0 bridgehead atoms. The molecule has 2 heteroatoms. The number of nitrogens with zero attached hydrogens (tertiary/aromatic N) is 1. The fourth-order valence-corrected chi connectivity index (χ4v) is 1.31. The lowest BCUT2D eigenvalue weighted by atomic mass is 10.2. The van der Waals surface area contributed by atoms with Crippen LogP contribution in [0.1, 0.15) is 5.69 Å². The summed E-state index contributed by atoms with van der Waals surface area (Å²) in [7, 11) is 0. The van der Waals surface area contributed by atoms with Crippen LogP contribution in [0.3, 0.4) is 0 Å². The average molecular weight is 172 g/mol. The molecule has 0 amide bonds. The Balaban J connectivity index is 2.48. The molecule has 2 heterocycles. The van der Waals surface area contributed by atoms with Crippen LogP contribution in [0, 0.1) is 6.92 Å². The van der Waals surface area contributed by atoms with Crippen molar-refractivity contribution in [3.05, 3.63) is 49.4 Å². The minimum Gasteiger partial charge on any atom is -0.464 e. The van der Waals surface area contributed by atoms with Gasteiger partial charge in [-0.1, -0.05) is 12.2 Å². The highest BCUT2D eigenvalue weighted by atomic mass is 16.3. The fourth-order valence-electron chi connectivity index (χ4n) is 1.31. The van der Waals surface area contributed by atoms with Gasteiger partial charge in [0.05, 0.1) is 12.0 Å². The van der Waals surface area contributed by atoms with E-state index in [1.54, 1.807) is 18.5 Å². The molecule has 0 spiro atoms. The molecule has 2 nitrogen and oxygen atoms in total. The van der Waals surface area contributed by atoms with Gasteiger partial charge in [-0.2, -0.15) is 0 Å². The van der Waals surface area contributed by atoms with Crippen LogP contribution >= 0.6 is 0 Å². The number of allylic oxidation sites excluding steroid dienone is 2. The molecular formula is C11H10NO. The maximum atomic E-state index is 5.26. The van der Waals surface area contributed by atoms with Gasteiger partial charge in [-0.3, -0.25) is 4.98 Å². The summed E-state index contributed by atoms with van der Waals surface area (Å²) in [4.78, 5) is 4.28. The van der Waals surface area contributed by atoms with Gasteiger partial charge in [-0.25, -0.2) is 0 Å². The summed E-state index contributed by atoms with van der Waals surface area (Å²) in [6.45, 7) is 3.64. The SMILES string of the molecule is [CH2]C=CCc1nccc2occc12. The molecule has 65 valence electrons. The van der Waals surface area contributed by atoms with Crippen molar-refractivity contribution in [3.8, 4) is 0 Å². The Bertz CT molecular complexity index is 428. The first-order valence-corrected chi connectivity index (χ1v) is 4.17. The second kappa shape index (κ2) is 3.44. The van der Waals surface area contributed by atoms with Gasteiger partial charge in [0.2, 0.25) is 0 Å². The normalized spacial score (nSPS) is 11.5. The summed E-state index contributed by atoms with van der Waals surface area (Å²) < 4.78 is 5.26. The molecule has 2 aromatic rings. The first kappa shape index (κ1) is 8.05. The van der Waals surface area contributed by atoms with E-state index >= 15 is 0 Å². The number of hydrogen-bond donors (Lipinski definition) is 0. The van der Waals surface area contributed by atoms with Crippen molar-refractivity contribution in [2.45, 2.75) is 6.42 Å². The Morgan fingerprint density at radius 3 is 3.23 bits per heavy atom. The lowest BCUT2D eigenvalue weighted by Gasteiger charge is -1.95. The fraction of sp³-hybridized carbons (Fsp3) is 0.0909. The standard InChI is InChI=1S/C11H10NO/c1-2-3-4-10-9-6-8-13-11(9)5-7-12-10/h2-3,5-8H,1,4H2. The minimum atomic E-state index is 0.806. The van der Waals surface area contributed by atoms with Gasteiger partial charge in [-0.15, -0.1) is 0 Å². The molecule has 0 aliphatic heterocycles. The van der Waals surface area contributed by atoms with Crippen LogP contribution in [0.15, 0.2) is 41.2 Å². The lowest BCUT2D eigenvalue weighted by molar-refractivity contribution is 0.615. The van der Waals surface area contributed by atoms with E-state index in [0.29, 0.717) is 0 Å². The summed E-state index contributed by atoms with van der Waals surface area (Å²) in [5, 5.41) is 1.08. The van der Waals surface area contributed by atoms with Gasteiger partial charge in [0.25, 0.3) is 0 Å². The van der Waals surface area contributed by atoms with E-state index in [0.717, 1.165) is 23.1 Å². The molecule has 0 aromatic carbocycles. The van der Waals surface area contributed by atoms with Gasteiger partial charge in [-0.05, 0) is 19.1 Å². The first-order valence-electron chi connectivity index (χ1n) is 4.17. The van der Waals surface area contributed by atoms with Crippen LogP contribution in [-0.4, -0.2) is 4.98 Å². The van der Waals surface area contributed by atoms with Crippen molar-refractivity contribution in [2.75, 3.05) is 0 Å². The molecule has 1 radical (unpaired) electrons. The van der Waals surface area contributed by atoms with Crippen molar-refractivity contribution in [3.63, 3.8) is 0 Å². The molecule has 0 aliphatic carbocycles. The highest BCUT2D eigenvalue weighted by Gasteiger charge is 2.01. The molecule has 0 saturated heterocycles. The molecule has 0 aliphatic rings. The van der Waals surface area contributed by atoms with Crippen molar-refractivity contribution in [1.29, 1.82) is 0 Å². The van der Waals surface area contributed by atoms with Crippen molar-refractivity contribution >= 4 is 11.0 Å². The second-order valence-electron chi connectivity index (χ2n) is 2.77. The van der Waals surface area contributed by atoms with Gasteiger partial charge in [0, 0.05) is 18.0 Å². The van der Waals surface area contributed by atoms with Gasteiger partial charge in [0.15, 0.2) is 0 Å². The molecule has 0 fully saturated rings. The van der Waals surface area contributed by atoms with Crippen LogP contribution in [0.4, 0.5) is 0 Å². The molecule has 0 N–H and O–H groups in total. The maximum Gasteiger partial charge on any atom is 0.137 e. The Morgan fingerprint density at radius 2 is 2.38 bits per heavy atom. The van der Waals surface area contributed by atoms with Crippen molar-refractivity contribution < 1.29 is 4.42 Å². The van der Waals surface area contributed by atoms with E-state index in [2.05, 4.69) is 11.9 Å². The average Bonchev–Trinajstić information content (AvgIpc) is 2.62. The van der Waals surface area contributed by atoms with E-state index in [4.69, 9.17) is 4.42 Å². The molecule has 0 unspecified atom stereocenters. The van der Waals surface area contributed by atoms with Crippen LogP contribution in [0.2, 0.25) is 0 Å². The number of furan rings is 1. The van der Waals surface area contributed by atoms with E-state index < -0.39 is 0 Å². The van der Waals surface area contributed by atoms with E-state index in [9.17, 15) is 0 Å². The highest BCUT2D eigenvalue weighted by molar-refractivity contribution is 5.79. The van der Waals surface area contributed by atoms with Gasteiger partial charge in [0.1, 0.15) is 5.58 Å². The lowest BCUT2D eigenvalue weighted by Crippen LogP contribution is -1.86. The van der Waals surface area contributed by atoms with E-state index in [-0.39, 0.29) is 0 Å². The Morgan fingerprint density at radius 1 is 1.46 bits per heavy atom. The third-order valence-corrected chi connectivity index (χ3v) is 1.94. The largest absolute Gasteiger partial charge is 0.464 e. The minimum absolute atomic E-state index is 0.806. The summed E-state index contributed by atoms with van der Waals surface area (Å²) >= 11 is 0. The molecule has 0 saturated carbocycles. The zero-order valence-electron chi connectivity index (χ0n) is 7.23. The van der Waals surface area contributed by atoms with Crippen LogP contribution < -0.4 is 0 Å². The summed E-state index contributed by atoms with van der Waals surface area (Å²) in [6, 6.07) is 3.81. The second-order valence-corrected chi connectivity index (χ2v) is 2.77. The smallest absolute Gasteiger partial charge is 0.137 e. The van der Waals surface area contributed by atoms with Gasteiger partial charge < -0.3 is 4.42 Å². The third kappa shape index (κ3) is 1.47. The Hall–Kier alpha value is -1.57. The first-order chi connectivity index (χ1) is 6.42. The predicted octanol–water partition coefficient (Wildman–Crippen LogP) is 2.76. The molecule has 13 heavy (non-hydrogen) atoms. The van der Waals surface area contributed by atoms with Crippen LogP contribution in [0.25, 0.3) is 11.0 Å². The van der Waals surface area contributed by atoms with Crippen molar-refractivity contribution in [1.82, 2.24) is 4.98 Å². The monoisotopic (exact) mass is 172 g/mol. The molecule has 2 aromatic heterocycles. The number of hydrogen-bond acceptors (Lipinski definition) is 2. The summed E-state index contributed by atoms with van der Waals surface area (Å²) in [6.07, 6.45) is 8.01. The summed E-state index contributed by atoms with van der Waals surface area (Å²) in [5.41, 5.74) is 1.92. The molecular weight excluding hydrogens is 162 g/mol. The topological polar surface area (TPSA) is 26.0 Å². The van der Waals surface area contributed by atoms with Crippen LogP contribution in [-0.2, 0) is 6.42 Å². The molecule has 0 atom stereocenters. The highest BCUT2D eigenvalue weighted by Crippen LogP contribution is 2.17.